The molecule has 0 fully saturated rings. The van der Waals surface area contributed by atoms with Crippen molar-refractivity contribution in [2.45, 2.75) is 25.7 Å². The second-order valence-corrected chi connectivity index (χ2v) is 9.65. The monoisotopic (exact) mass is 500 g/mol. The van der Waals surface area contributed by atoms with Crippen molar-refractivity contribution >= 4 is 21.6 Å². The molecule has 0 atom stereocenters. The number of hydrogen-bond donors (Lipinski definition) is 1. The highest BCUT2D eigenvalue weighted by molar-refractivity contribution is 7.92. The lowest BCUT2D eigenvalue weighted by Gasteiger charge is -2.24. The van der Waals surface area contributed by atoms with Crippen LogP contribution in [0.15, 0.2) is 71.6 Å². The highest BCUT2D eigenvalue weighted by Crippen LogP contribution is 2.25. The predicted octanol–water partition coefficient (Wildman–Crippen LogP) is 4.23. The van der Waals surface area contributed by atoms with Crippen LogP contribution in [0.25, 0.3) is 0 Å². The number of aryl methyl sites for hydroxylation is 1. The number of rotatable bonds is 11. The molecule has 3 aromatic carbocycles. The van der Waals surface area contributed by atoms with Gasteiger partial charge < -0.3 is 14.8 Å². The minimum Gasteiger partial charge on any atom is -0.494 e. The van der Waals surface area contributed by atoms with E-state index in [9.17, 15) is 17.6 Å². The highest BCUT2D eigenvalue weighted by Gasteiger charge is 2.27. The fourth-order valence-corrected chi connectivity index (χ4v) is 4.76. The summed E-state index contributed by atoms with van der Waals surface area (Å²) in [5, 5.41) is 2.68. The molecule has 7 nitrogen and oxygen atoms in total. The predicted molar refractivity (Wildman–Crippen MR) is 133 cm³/mol. The molecule has 3 aromatic rings. The Bertz CT molecular complexity index is 1250. The van der Waals surface area contributed by atoms with E-state index in [1.54, 1.807) is 12.1 Å². The number of amides is 1. The van der Waals surface area contributed by atoms with Gasteiger partial charge in [-0.2, -0.15) is 0 Å². The second kappa shape index (κ2) is 11.7. The first-order chi connectivity index (χ1) is 16.7. The average molecular weight is 501 g/mol. The molecule has 186 valence electrons. The summed E-state index contributed by atoms with van der Waals surface area (Å²) in [5.41, 5.74) is 2.28. The van der Waals surface area contributed by atoms with Gasteiger partial charge in [-0.3, -0.25) is 9.10 Å². The number of halogens is 1. The first-order valence-electron chi connectivity index (χ1n) is 11.2. The number of sulfonamides is 1. The molecule has 0 saturated heterocycles. The summed E-state index contributed by atoms with van der Waals surface area (Å²) in [6.07, 6.45) is 0. The Morgan fingerprint density at radius 3 is 2.31 bits per heavy atom. The Morgan fingerprint density at radius 1 is 0.971 bits per heavy atom. The van der Waals surface area contributed by atoms with Crippen LogP contribution in [0.3, 0.4) is 0 Å². The quantitative estimate of drug-likeness (QED) is 0.398. The number of ether oxygens (including phenoxy) is 2. The molecule has 0 aromatic heterocycles. The lowest BCUT2D eigenvalue weighted by molar-refractivity contribution is -0.119. The lowest BCUT2D eigenvalue weighted by Crippen LogP contribution is -2.42. The maximum atomic E-state index is 13.5. The Kier molecular flexibility index (Phi) is 8.70. The van der Waals surface area contributed by atoms with Crippen molar-refractivity contribution in [1.29, 1.82) is 0 Å². The van der Waals surface area contributed by atoms with Crippen LogP contribution in [-0.4, -0.2) is 40.6 Å². The number of anilines is 1. The van der Waals surface area contributed by atoms with Gasteiger partial charge in [0, 0.05) is 0 Å². The molecule has 0 heterocycles. The molecule has 0 spiro atoms. The maximum absolute atomic E-state index is 13.5. The van der Waals surface area contributed by atoms with Gasteiger partial charge in [0.2, 0.25) is 5.91 Å². The minimum absolute atomic E-state index is 0.0173. The van der Waals surface area contributed by atoms with Crippen LogP contribution in [0, 0.1) is 19.7 Å². The Labute approximate surface area is 205 Å². The van der Waals surface area contributed by atoms with Gasteiger partial charge in [-0.25, -0.2) is 12.8 Å². The van der Waals surface area contributed by atoms with Crippen molar-refractivity contribution in [1.82, 2.24) is 5.32 Å². The minimum atomic E-state index is -4.11. The van der Waals surface area contributed by atoms with E-state index in [1.165, 1.54) is 24.3 Å². The number of carbonyl (C=O) groups is 1. The van der Waals surface area contributed by atoms with E-state index in [0.717, 1.165) is 33.3 Å². The van der Waals surface area contributed by atoms with E-state index < -0.39 is 28.3 Å². The molecule has 0 unspecified atom stereocenters. The summed E-state index contributed by atoms with van der Waals surface area (Å²) in [6, 6.07) is 16.6. The topological polar surface area (TPSA) is 84.9 Å². The first-order valence-corrected chi connectivity index (χ1v) is 12.6. The van der Waals surface area contributed by atoms with Crippen molar-refractivity contribution in [2.75, 3.05) is 30.6 Å². The molecule has 35 heavy (non-hydrogen) atoms. The second-order valence-electron chi connectivity index (χ2n) is 7.79. The molecular formula is C26H29FN2O5S. The van der Waals surface area contributed by atoms with Crippen molar-refractivity contribution < 1.29 is 27.1 Å². The molecule has 0 aliphatic heterocycles. The third-order valence-corrected chi connectivity index (χ3v) is 7.15. The van der Waals surface area contributed by atoms with Crippen LogP contribution < -0.4 is 19.1 Å². The Morgan fingerprint density at radius 2 is 1.66 bits per heavy atom. The third-order valence-electron chi connectivity index (χ3n) is 5.36. The summed E-state index contributed by atoms with van der Waals surface area (Å²) in [5.74, 6) is 0.222. The normalized spacial score (nSPS) is 11.1. The molecular weight excluding hydrogens is 471 g/mol. The summed E-state index contributed by atoms with van der Waals surface area (Å²) in [4.78, 5) is 12.7. The van der Waals surface area contributed by atoms with E-state index in [0.29, 0.717) is 12.4 Å². The molecule has 0 aliphatic carbocycles. The van der Waals surface area contributed by atoms with Gasteiger partial charge in [0.1, 0.15) is 30.5 Å². The summed E-state index contributed by atoms with van der Waals surface area (Å²) in [7, 11) is -4.11. The highest BCUT2D eigenvalue weighted by atomic mass is 32.2. The molecule has 0 radical (unpaired) electrons. The summed E-state index contributed by atoms with van der Waals surface area (Å²) < 4.78 is 52.3. The number of carbonyl (C=O) groups excluding carboxylic acids is 1. The van der Waals surface area contributed by atoms with E-state index in [1.807, 2.05) is 39.0 Å². The van der Waals surface area contributed by atoms with Gasteiger partial charge in [-0.05, 0) is 86.5 Å². The number of nitrogens with one attached hydrogen (secondary N) is 1. The smallest absolute Gasteiger partial charge is 0.264 e. The Balaban J connectivity index is 1.71. The largest absolute Gasteiger partial charge is 0.494 e. The van der Waals surface area contributed by atoms with E-state index in [-0.39, 0.29) is 23.7 Å². The van der Waals surface area contributed by atoms with Crippen LogP contribution in [0.4, 0.5) is 10.1 Å². The number of nitrogens with zero attached hydrogens (tertiary/aromatic N) is 1. The van der Waals surface area contributed by atoms with Crippen molar-refractivity contribution in [3.05, 3.63) is 83.7 Å². The zero-order valence-electron chi connectivity index (χ0n) is 20.0. The van der Waals surface area contributed by atoms with Crippen molar-refractivity contribution in [2.24, 2.45) is 0 Å². The molecule has 1 N–H and O–H groups in total. The molecule has 0 aliphatic rings. The van der Waals surface area contributed by atoms with Gasteiger partial charge in [-0.1, -0.05) is 12.1 Å². The molecule has 0 saturated carbocycles. The van der Waals surface area contributed by atoms with Gasteiger partial charge in [0.25, 0.3) is 10.0 Å². The van der Waals surface area contributed by atoms with Crippen LogP contribution in [0.1, 0.15) is 18.1 Å². The van der Waals surface area contributed by atoms with Crippen LogP contribution in [0.5, 0.6) is 11.5 Å². The van der Waals surface area contributed by atoms with Gasteiger partial charge in [0.05, 0.1) is 23.7 Å². The van der Waals surface area contributed by atoms with Crippen molar-refractivity contribution in [3.8, 4) is 11.5 Å². The maximum Gasteiger partial charge on any atom is 0.264 e. The van der Waals surface area contributed by atoms with Crippen LogP contribution in [0.2, 0.25) is 0 Å². The lowest BCUT2D eigenvalue weighted by atomic mass is 10.1. The third kappa shape index (κ3) is 6.73. The Hall–Kier alpha value is -3.59. The number of benzene rings is 3. The fraction of sp³-hybridized carbons (Fsp3) is 0.269. The van der Waals surface area contributed by atoms with E-state index >= 15 is 0 Å². The molecule has 3 rings (SSSR count). The van der Waals surface area contributed by atoms with Gasteiger partial charge >= 0.3 is 0 Å². The average Bonchev–Trinajstić information content (AvgIpc) is 2.84. The van der Waals surface area contributed by atoms with E-state index in [2.05, 4.69) is 5.32 Å². The van der Waals surface area contributed by atoms with Crippen LogP contribution in [-0.2, 0) is 14.8 Å². The molecule has 9 heteroatoms. The van der Waals surface area contributed by atoms with Crippen molar-refractivity contribution in [3.63, 3.8) is 0 Å². The standard InChI is InChI=1S/C26H29FN2O5S/c1-4-33-23-12-14-24(15-13-23)35(31,32)29(22-10-8-21(27)9-11-22)18-26(30)28-16-17-34-25-7-5-6-19(2)20(25)3/h5-15H,4,16-18H2,1-3H3,(H,28,30). The SMILES string of the molecule is CCOc1ccc(S(=O)(=O)N(CC(=O)NCCOc2cccc(C)c2C)c2ccc(F)cc2)cc1. The molecule has 1 amide bonds. The zero-order valence-corrected chi connectivity index (χ0v) is 20.8. The van der Waals surface area contributed by atoms with Gasteiger partial charge in [-0.15, -0.1) is 0 Å². The van der Waals surface area contributed by atoms with Crippen LogP contribution >= 0.6 is 0 Å². The first kappa shape index (κ1) is 26.0. The van der Waals surface area contributed by atoms with E-state index in [4.69, 9.17) is 9.47 Å². The van der Waals surface area contributed by atoms with Gasteiger partial charge in [0.15, 0.2) is 0 Å². The zero-order chi connectivity index (χ0) is 25.4. The number of hydrogen-bond acceptors (Lipinski definition) is 5. The summed E-state index contributed by atoms with van der Waals surface area (Å²) in [6.45, 7) is 6.14. The summed E-state index contributed by atoms with van der Waals surface area (Å²) >= 11 is 0. The fourth-order valence-electron chi connectivity index (χ4n) is 3.34. The molecule has 0 bridgehead atoms.